The summed E-state index contributed by atoms with van der Waals surface area (Å²) in [7, 11) is 0. The lowest BCUT2D eigenvalue weighted by atomic mass is 10.1. The SMILES string of the molecule is CC(=O)N(C1CC1)[C@@H]1CCCNC1. The van der Waals surface area contributed by atoms with Crippen molar-refractivity contribution in [2.75, 3.05) is 13.1 Å². The van der Waals surface area contributed by atoms with E-state index in [0.29, 0.717) is 12.1 Å². The van der Waals surface area contributed by atoms with Gasteiger partial charge in [-0.3, -0.25) is 4.79 Å². The van der Waals surface area contributed by atoms with Crippen molar-refractivity contribution >= 4 is 5.91 Å². The van der Waals surface area contributed by atoms with E-state index in [2.05, 4.69) is 10.2 Å². The van der Waals surface area contributed by atoms with E-state index in [4.69, 9.17) is 0 Å². The van der Waals surface area contributed by atoms with Crippen LogP contribution in [0.5, 0.6) is 0 Å². The largest absolute Gasteiger partial charge is 0.336 e. The molecule has 1 atom stereocenters. The molecule has 1 aliphatic carbocycles. The van der Waals surface area contributed by atoms with Crippen LogP contribution in [0, 0.1) is 0 Å². The molecule has 13 heavy (non-hydrogen) atoms. The first-order chi connectivity index (χ1) is 6.29. The predicted octanol–water partition coefficient (Wildman–Crippen LogP) is 0.749. The molecule has 1 N–H and O–H groups in total. The summed E-state index contributed by atoms with van der Waals surface area (Å²) in [6.45, 7) is 3.82. The van der Waals surface area contributed by atoms with E-state index in [-0.39, 0.29) is 5.91 Å². The maximum Gasteiger partial charge on any atom is 0.219 e. The highest BCUT2D eigenvalue weighted by Crippen LogP contribution is 2.30. The molecule has 0 bridgehead atoms. The van der Waals surface area contributed by atoms with Crippen molar-refractivity contribution in [3.63, 3.8) is 0 Å². The van der Waals surface area contributed by atoms with Crippen LogP contribution in [0.25, 0.3) is 0 Å². The molecule has 2 aliphatic rings. The van der Waals surface area contributed by atoms with Crippen LogP contribution in [0.2, 0.25) is 0 Å². The molecule has 2 rings (SSSR count). The number of nitrogens with one attached hydrogen (secondary N) is 1. The maximum absolute atomic E-state index is 11.4. The second-order valence-electron chi connectivity index (χ2n) is 4.16. The number of hydrogen-bond donors (Lipinski definition) is 1. The average Bonchev–Trinajstić information content (AvgIpc) is 2.90. The highest BCUT2D eigenvalue weighted by Gasteiger charge is 2.35. The number of carbonyl (C=O) groups excluding carboxylic acids is 1. The molecule has 1 amide bonds. The van der Waals surface area contributed by atoms with E-state index in [1.165, 1.54) is 25.7 Å². The van der Waals surface area contributed by atoms with Crippen molar-refractivity contribution in [1.29, 1.82) is 0 Å². The van der Waals surface area contributed by atoms with Crippen molar-refractivity contribution in [2.24, 2.45) is 0 Å². The lowest BCUT2D eigenvalue weighted by Crippen LogP contribution is -2.49. The third-order valence-electron chi connectivity index (χ3n) is 2.97. The summed E-state index contributed by atoms with van der Waals surface area (Å²) in [6, 6.07) is 1.04. The first kappa shape index (κ1) is 9.00. The number of piperidine rings is 1. The van der Waals surface area contributed by atoms with Gasteiger partial charge in [-0.2, -0.15) is 0 Å². The topological polar surface area (TPSA) is 32.3 Å². The summed E-state index contributed by atoms with van der Waals surface area (Å²) in [6.07, 6.45) is 4.83. The Morgan fingerprint density at radius 3 is 2.54 bits per heavy atom. The molecule has 1 aliphatic heterocycles. The average molecular weight is 182 g/mol. The molecule has 0 aromatic carbocycles. The highest BCUT2D eigenvalue weighted by molar-refractivity contribution is 5.74. The fourth-order valence-electron chi connectivity index (χ4n) is 2.24. The summed E-state index contributed by atoms with van der Waals surface area (Å²) in [5.74, 6) is 0.260. The molecular weight excluding hydrogens is 164 g/mol. The first-order valence-corrected chi connectivity index (χ1v) is 5.28. The molecule has 0 aromatic rings. The van der Waals surface area contributed by atoms with Crippen molar-refractivity contribution < 1.29 is 4.79 Å². The number of nitrogens with zero attached hydrogens (tertiary/aromatic N) is 1. The van der Waals surface area contributed by atoms with Gasteiger partial charge < -0.3 is 10.2 Å². The monoisotopic (exact) mass is 182 g/mol. The van der Waals surface area contributed by atoms with Gasteiger partial charge in [-0.25, -0.2) is 0 Å². The van der Waals surface area contributed by atoms with Gasteiger partial charge in [0.05, 0.1) is 0 Å². The van der Waals surface area contributed by atoms with Crippen LogP contribution in [0.3, 0.4) is 0 Å². The quantitative estimate of drug-likeness (QED) is 0.683. The molecule has 0 aromatic heterocycles. The lowest BCUT2D eigenvalue weighted by Gasteiger charge is -2.34. The predicted molar refractivity (Wildman–Crippen MR) is 51.4 cm³/mol. The fraction of sp³-hybridized carbons (Fsp3) is 0.900. The van der Waals surface area contributed by atoms with E-state index in [1.54, 1.807) is 6.92 Å². The zero-order chi connectivity index (χ0) is 9.26. The number of carbonyl (C=O) groups is 1. The molecule has 3 heteroatoms. The Morgan fingerprint density at radius 2 is 2.08 bits per heavy atom. The van der Waals surface area contributed by atoms with Crippen LogP contribution in [-0.4, -0.2) is 36.0 Å². The summed E-state index contributed by atoms with van der Waals surface area (Å²) in [5, 5.41) is 3.36. The zero-order valence-corrected chi connectivity index (χ0v) is 8.25. The van der Waals surface area contributed by atoms with Gasteiger partial charge in [-0.15, -0.1) is 0 Å². The van der Waals surface area contributed by atoms with Crippen LogP contribution in [0.1, 0.15) is 32.6 Å². The van der Waals surface area contributed by atoms with Gasteiger partial charge in [0, 0.05) is 25.6 Å². The Bertz CT molecular complexity index is 195. The van der Waals surface area contributed by atoms with Gasteiger partial charge in [-0.1, -0.05) is 0 Å². The van der Waals surface area contributed by atoms with Crippen LogP contribution in [0.15, 0.2) is 0 Å². The van der Waals surface area contributed by atoms with Crippen molar-refractivity contribution in [1.82, 2.24) is 10.2 Å². The van der Waals surface area contributed by atoms with Gasteiger partial charge >= 0.3 is 0 Å². The van der Waals surface area contributed by atoms with Gasteiger partial charge in [0.15, 0.2) is 0 Å². The summed E-state index contributed by atoms with van der Waals surface area (Å²) in [5.41, 5.74) is 0. The Morgan fingerprint density at radius 1 is 1.31 bits per heavy atom. The van der Waals surface area contributed by atoms with E-state index >= 15 is 0 Å². The minimum Gasteiger partial charge on any atom is -0.336 e. The second kappa shape index (κ2) is 3.66. The molecule has 1 saturated carbocycles. The molecule has 1 heterocycles. The lowest BCUT2D eigenvalue weighted by molar-refractivity contribution is -0.132. The normalized spacial score (nSPS) is 28.5. The molecule has 0 radical (unpaired) electrons. The van der Waals surface area contributed by atoms with Crippen molar-refractivity contribution in [3.8, 4) is 0 Å². The fourth-order valence-corrected chi connectivity index (χ4v) is 2.24. The van der Waals surface area contributed by atoms with Gasteiger partial charge in [0.1, 0.15) is 0 Å². The van der Waals surface area contributed by atoms with Gasteiger partial charge in [0.25, 0.3) is 0 Å². The Balaban J connectivity index is 1.96. The van der Waals surface area contributed by atoms with E-state index in [9.17, 15) is 4.79 Å². The molecule has 74 valence electrons. The minimum atomic E-state index is 0.260. The smallest absolute Gasteiger partial charge is 0.219 e. The minimum absolute atomic E-state index is 0.260. The number of amides is 1. The maximum atomic E-state index is 11.4. The number of hydrogen-bond acceptors (Lipinski definition) is 2. The summed E-state index contributed by atoms with van der Waals surface area (Å²) in [4.78, 5) is 13.5. The molecular formula is C10H18N2O. The molecule has 2 fully saturated rings. The molecule has 3 nitrogen and oxygen atoms in total. The Kier molecular flexibility index (Phi) is 2.54. The molecule has 1 saturated heterocycles. The van der Waals surface area contributed by atoms with Crippen molar-refractivity contribution in [3.05, 3.63) is 0 Å². The number of rotatable bonds is 2. The van der Waals surface area contributed by atoms with E-state index in [1.807, 2.05) is 0 Å². The molecule has 0 unspecified atom stereocenters. The summed E-state index contributed by atoms with van der Waals surface area (Å²) < 4.78 is 0. The van der Waals surface area contributed by atoms with E-state index < -0.39 is 0 Å². The standard InChI is InChI=1S/C10H18N2O/c1-8(13)12(9-4-5-9)10-3-2-6-11-7-10/h9-11H,2-7H2,1H3/t10-/m1/s1. The van der Waals surface area contributed by atoms with Gasteiger partial charge in [0.2, 0.25) is 5.91 Å². The van der Waals surface area contributed by atoms with Crippen LogP contribution in [0.4, 0.5) is 0 Å². The summed E-state index contributed by atoms with van der Waals surface area (Å²) >= 11 is 0. The second-order valence-corrected chi connectivity index (χ2v) is 4.16. The van der Waals surface area contributed by atoms with E-state index in [0.717, 1.165) is 13.1 Å². The Labute approximate surface area is 79.5 Å². The molecule has 0 spiro atoms. The Hall–Kier alpha value is -0.570. The van der Waals surface area contributed by atoms with Crippen LogP contribution < -0.4 is 5.32 Å². The highest BCUT2D eigenvalue weighted by atomic mass is 16.2. The van der Waals surface area contributed by atoms with Crippen LogP contribution in [-0.2, 0) is 4.79 Å². The zero-order valence-electron chi connectivity index (χ0n) is 8.25. The third kappa shape index (κ3) is 2.02. The first-order valence-electron chi connectivity index (χ1n) is 5.28. The van der Waals surface area contributed by atoms with Gasteiger partial charge in [-0.05, 0) is 32.2 Å². The van der Waals surface area contributed by atoms with Crippen LogP contribution >= 0.6 is 0 Å². The third-order valence-corrected chi connectivity index (χ3v) is 2.97. The van der Waals surface area contributed by atoms with Crippen molar-refractivity contribution in [2.45, 2.75) is 44.7 Å².